The highest BCUT2D eigenvalue weighted by molar-refractivity contribution is 5.48. The first-order chi connectivity index (χ1) is 7.54. The minimum atomic E-state index is -0.431. The summed E-state index contributed by atoms with van der Waals surface area (Å²) in [6, 6.07) is 1.87. The fraction of sp³-hybridized carbons (Fsp3) is 0.545. The molecule has 0 amide bonds. The monoisotopic (exact) mass is 223 g/mol. The van der Waals surface area contributed by atoms with Gasteiger partial charge in [0.2, 0.25) is 0 Å². The SMILES string of the molecule is CCCC(C)Nc1ncc([N+](=O)[O-])cc1C. The lowest BCUT2D eigenvalue weighted by Gasteiger charge is -2.14. The van der Waals surface area contributed by atoms with Gasteiger partial charge in [0.15, 0.2) is 0 Å². The van der Waals surface area contributed by atoms with Crippen LogP contribution in [0.1, 0.15) is 32.3 Å². The number of pyridine rings is 1. The molecule has 88 valence electrons. The third-order valence-electron chi connectivity index (χ3n) is 2.38. The summed E-state index contributed by atoms with van der Waals surface area (Å²) in [5, 5.41) is 13.8. The smallest absolute Gasteiger partial charge is 0.287 e. The van der Waals surface area contributed by atoms with Crippen LogP contribution in [0.2, 0.25) is 0 Å². The number of aryl methyl sites for hydroxylation is 1. The minimum absolute atomic E-state index is 0.0335. The first-order valence-corrected chi connectivity index (χ1v) is 5.42. The van der Waals surface area contributed by atoms with Gasteiger partial charge >= 0.3 is 0 Å². The van der Waals surface area contributed by atoms with E-state index in [-0.39, 0.29) is 5.69 Å². The Bertz CT molecular complexity index is 379. The Morgan fingerprint density at radius 1 is 1.62 bits per heavy atom. The number of aromatic nitrogens is 1. The molecule has 1 rings (SSSR count). The van der Waals surface area contributed by atoms with Gasteiger partial charge in [0.25, 0.3) is 5.69 Å². The van der Waals surface area contributed by atoms with Crippen LogP contribution in [0.25, 0.3) is 0 Å². The van der Waals surface area contributed by atoms with Gasteiger partial charge in [-0.3, -0.25) is 10.1 Å². The van der Waals surface area contributed by atoms with Crippen molar-refractivity contribution in [1.82, 2.24) is 4.98 Å². The molecule has 16 heavy (non-hydrogen) atoms. The van der Waals surface area contributed by atoms with Crippen molar-refractivity contribution in [3.05, 3.63) is 27.9 Å². The average Bonchev–Trinajstić information content (AvgIpc) is 2.21. The number of hydrogen-bond donors (Lipinski definition) is 1. The topological polar surface area (TPSA) is 68.1 Å². The molecule has 0 fully saturated rings. The standard InChI is InChI=1S/C11H17N3O2/c1-4-5-9(3)13-11-8(2)6-10(7-12-11)14(15)16/h6-7,9H,4-5H2,1-3H3,(H,12,13). The van der Waals surface area contributed by atoms with Gasteiger partial charge in [-0.25, -0.2) is 4.98 Å². The van der Waals surface area contributed by atoms with Gasteiger partial charge in [0.05, 0.1) is 4.92 Å². The predicted octanol–water partition coefficient (Wildman–Crippen LogP) is 2.90. The lowest BCUT2D eigenvalue weighted by Crippen LogP contribution is -2.16. The highest BCUT2D eigenvalue weighted by Gasteiger charge is 2.10. The summed E-state index contributed by atoms with van der Waals surface area (Å²) >= 11 is 0. The summed E-state index contributed by atoms with van der Waals surface area (Å²) in [6.07, 6.45) is 3.44. The van der Waals surface area contributed by atoms with E-state index in [0.717, 1.165) is 24.2 Å². The van der Waals surface area contributed by atoms with Crippen molar-refractivity contribution in [2.45, 2.75) is 39.7 Å². The number of nitrogens with zero attached hydrogens (tertiary/aromatic N) is 2. The van der Waals surface area contributed by atoms with E-state index in [4.69, 9.17) is 0 Å². The Hall–Kier alpha value is -1.65. The number of nitro groups is 1. The molecule has 0 aromatic carbocycles. The highest BCUT2D eigenvalue weighted by Crippen LogP contribution is 2.19. The van der Waals surface area contributed by atoms with Crippen LogP contribution in [0.4, 0.5) is 11.5 Å². The molecule has 5 heteroatoms. The van der Waals surface area contributed by atoms with Crippen molar-refractivity contribution in [3.8, 4) is 0 Å². The molecule has 5 nitrogen and oxygen atoms in total. The van der Waals surface area contributed by atoms with Crippen molar-refractivity contribution < 1.29 is 4.92 Å². The van der Waals surface area contributed by atoms with E-state index >= 15 is 0 Å². The maximum atomic E-state index is 10.5. The molecule has 0 saturated heterocycles. The average molecular weight is 223 g/mol. The maximum absolute atomic E-state index is 10.5. The molecule has 0 spiro atoms. The van der Waals surface area contributed by atoms with E-state index in [2.05, 4.69) is 24.1 Å². The molecule has 0 aliphatic heterocycles. The molecule has 0 saturated carbocycles. The fourth-order valence-corrected chi connectivity index (χ4v) is 1.55. The summed E-state index contributed by atoms with van der Waals surface area (Å²) in [7, 11) is 0. The Kier molecular flexibility index (Phi) is 4.22. The lowest BCUT2D eigenvalue weighted by atomic mass is 10.2. The second-order valence-corrected chi connectivity index (χ2v) is 3.95. The zero-order chi connectivity index (χ0) is 12.1. The van der Waals surface area contributed by atoms with Crippen LogP contribution in [0.3, 0.4) is 0 Å². The summed E-state index contributed by atoms with van der Waals surface area (Å²) in [4.78, 5) is 14.2. The van der Waals surface area contributed by atoms with Crippen LogP contribution >= 0.6 is 0 Å². The zero-order valence-electron chi connectivity index (χ0n) is 9.86. The number of rotatable bonds is 5. The molecular weight excluding hydrogens is 206 g/mol. The van der Waals surface area contributed by atoms with Gasteiger partial charge in [-0.1, -0.05) is 13.3 Å². The van der Waals surface area contributed by atoms with Crippen molar-refractivity contribution in [3.63, 3.8) is 0 Å². The van der Waals surface area contributed by atoms with Gasteiger partial charge in [-0.15, -0.1) is 0 Å². The molecule has 1 heterocycles. The minimum Gasteiger partial charge on any atom is -0.367 e. The van der Waals surface area contributed by atoms with Crippen LogP contribution in [-0.4, -0.2) is 15.9 Å². The summed E-state index contributed by atoms with van der Waals surface area (Å²) in [5.41, 5.74) is 0.836. The second-order valence-electron chi connectivity index (χ2n) is 3.95. The lowest BCUT2D eigenvalue weighted by molar-refractivity contribution is -0.385. The van der Waals surface area contributed by atoms with Crippen LogP contribution in [0, 0.1) is 17.0 Å². The number of anilines is 1. The van der Waals surface area contributed by atoms with Gasteiger partial charge in [-0.2, -0.15) is 0 Å². The Balaban J connectivity index is 2.79. The van der Waals surface area contributed by atoms with E-state index in [9.17, 15) is 10.1 Å². The first kappa shape index (κ1) is 12.4. The second kappa shape index (κ2) is 5.44. The van der Waals surface area contributed by atoms with Crippen molar-refractivity contribution in [1.29, 1.82) is 0 Å². The van der Waals surface area contributed by atoms with E-state index in [0.29, 0.717) is 6.04 Å². The summed E-state index contributed by atoms with van der Waals surface area (Å²) < 4.78 is 0. The molecule has 0 radical (unpaired) electrons. The van der Waals surface area contributed by atoms with E-state index < -0.39 is 4.92 Å². The molecule has 0 bridgehead atoms. The normalized spacial score (nSPS) is 12.2. The van der Waals surface area contributed by atoms with Gasteiger partial charge in [0, 0.05) is 12.1 Å². The molecule has 1 N–H and O–H groups in total. The van der Waals surface area contributed by atoms with E-state index in [1.54, 1.807) is 0 Å². The third-order valence-corrected chi connectivity index (χ3v) is 2.38. The largest absolute Gasteiger partial charge is 0.367 e. The van der Waals surface area contributed by atoms with E-state index in [1.807, 2.05) is 6.92 Å². The zero-order valence-corrected chi connectivity index (χ0v) is 9.86. The molecule has 1 aromatic heterocycles. The summed E-state index contributed by atoms with van der Waals surface area (Å²) in [6.45, 7) is 6.02. The van der Waals surface area contributed by atoms with Gasteiger partial charge < -0.3 is 5.32 Å². The molecule has 0 aliphatic carbocycles. The fourth-order valence-electron chi connectivity index (χ4n) is 1.55. The Morgan fingerprint density at radius 2 is 2.31 bits per heavy atom. The van der Waals surface area contributed by atoms with Gasteiger partial charge in [-0.05, 0) is 25.8 Å². The highest BCUT2D eigenvalue weighted by atomic mass is 16.6. The Labute approximate surface area is 95.0 Å². The molecule has 1 atom stereocenters. The number of hydrogen-bond acceptors (Lipinski definition) is 4. The van der Waals surface area contributed by atoms with Crippen molar-refractivity contribution in [2.24, 2.45) is 0 Å². The van der Waals surface area contributed by atoms with Crippen LogP contribution in [0.5, 0.6) is 0 Å². The third kappa shape index (κ3) is 3.18. The van der Waals surface area contributed by atoms with Crippen LogP contribution in [0.15, 0.2) is 12.3 Å². The van der Waals surface area contributed by atoms with Crippen LogP contribution < -0.4 is 5.32 Å². The maximum Gasteiger partial charge on any atom is 0.287 e. The van der Waals surface area contributed by atoms with Gasteiger partial charge in [0.1, 0.15) is 12.0 Å². The first-order valence-electron chi connectivity index (χ1n) is 5.42. The summed E-state index contributed by atoms with van der Waals surface area (Å²) in [5.74, 6) is 0.728. The molecule has 1 aromatic rings. The van der Waals surface area contributed by atoms with Crippen molar-refractivity contribution >= 4 is 11.5 Å². The van der Waals surface area contributed by atoms with Crippen LogP contribution in [-0.2, 0) is 0 Å². The van der Waals surface area contributed by atoms with E-state index in [1.165, 1.54) is 12.3 Å². The molecule has 0 aliphatic rings. The Morgan fingerprint density at radius 3 is 2.81 bits per heavy atom. The van der Waals surface area contributed by atoms with Crippen molar-refractivity contribution in [2.75, 3.05) is 5.32 Å². The molecular formula is C11H17N3O2. The quantitative estimate of drug-likeness (QED) is 0.615. The predicted molar refractivity (Wildman–Crippen MR) is 63.6 cm³/mol. The molecule has 1 unspecified atom stereocenters. The number of nitrogens with one attached hydrogen (secondary N) is 1.